The molecular formula is C12H17FN2. The molecule has 15 heavy (non-hydrogen) atoms. The highest BCUT2D eigenvalue weighted by atomic mass is 19.1. The van der Waals surface area contributed by atoms with Gasteiger partial charge in [-0.3, -0.25) is 4.90 Å². The Morgan fingerprint density at radius 2 is 2.33 bits per heavy atom. The molecule has 0 spiro atoms. The Hall–Kier alpha value is -1.09. The lowest BCUT2D eigenvalue weighted by atomic mass is 10.1. The Morgan fingerprint density at radius 3 is 2.93 bits per heavy atom. The number of hydrogen-bond acceptors (Lipinski definition) is 2. The second kappa shape index (κ2) is 4.19. The van der Waals surface area contributed by atoms with Gasteiger partial charge in [-0.25, -0.2) is 4.39 Å². The monoisotopic (exact) mass is 208 g/mol. The molecule has 1 aliphatic heterocycles. The van der Waals surface area contributed by atoms with E-state index in [9.17, 15) is 4.39 Å². The summed E-state index contributed by atoms with van der Waals surface area (Å²) in [6.45, 7) is 3.87. The van der Waals surface area contributed by atoms with E-state index in [1.807, 2.05) is 0 Å². The molecule has 1 unspecified atom stereocenters. The molecule has 1 aromatic carbocycles. The largest absolute Gasteiger partial charge is 0.398 e. The normalized spacial score (nSPS) is 22.1. The molecule has 2 rings (SSSR count). The van der Waals surface area contributed by atoms with Crippen molar-refractivity contribution in [3.05, 3.63) is 29.6 Å². The molecule has 82 valence electrons. The van der Waals surface area contributed by atoms with Crippen molar-refractivity contribution in [2.75, 3.05) is 12.3 Å². The summed E-state index contributed by atoms with van der Waals surface area (Å²) in [7, 11) is 0. The van der Waals surface area contributed by atoms with Gasteiger partial charge >= 0.3 is 0 Å². The summed E-state index contributed by atoms with van der Waals surface area (Å²) >= 11 is 0. The molecule has 1 aliphatic rings. The molecule has 1 atom stereocenters. The molecule has 0 bridgehead atoms. The van der Waals surface area contributed by atoms with Gasteiger partial charge in [-0.2, -0.15) is 0 Å². The fourth-order valence-corrected chi connectivity index (χ4v) is 2.17. The summed E-state index contributed by atoms with van der Waals surface area (Å²) in [6, 6.07) is 5.44. The molecule has 2 nitrogen and oxygen atoms in total. The van der Waals surface area contributed by atoms with Crippen LogP contribution in [0.25, 0.3) is 0 Å². The second-order valence-electron chi connectivity index (χ2n) is 4.27. The Bertz CT molecular complexity index is 331. The predicted octanol–water partition coefficient (Wildman–Crippen LogP) is 2.39. The summed E-state index contributed by atoms with van der Waals surface area (Å²) in [6.07, 6.45) is 2.41. The van der Waals surface area contributed by atoms with Crippen molar-refractivity contribution in [3.8, 4) is 0 Å². The Balaban J connectivity index is 2.16. The molecule has 2 N–H and O–H groups in total. The van der Waals surface area contributed by atoms with E-state index in [2.05, 4.69) is 11.8 Å². The van der Waals surface area contributed by atoms with E-state index >= 15 is 0 Å². The highest BCUT2D eigenvalue weighted by Gasteiger charge is 2.21. The van der Waals surface area contributed by atoms with Crippen LogP contribution < -0.4 is 5.73 Å². The zero-order valence-corrected chi connectivity index (χ0v) is 9.04. The van der Waals surface area contributed by atoms with Crippen LogP contribution in [0.5, 0.6) is 0 Å². The van der Waals surface area contributed by atoms with Gasteiger partial charge in [-0.05, 0) is 38.4 Å². The smallest absolute Gasteiger partial charge is 0.129 e. The average Bonchev–Trinajstić information content (AvgIpc) is 2.58. The van der Waals surface area contributed by atoms with Crippen LogP contribution in [0.4, 0.5) is 10.1 Å². The van der Waals surface area contributed by atoms with Crippen LogP contribution in [0, 0.1) is 5.82 Å². The minimum atomic E-state index is -0.186. The number of hydrogen-bond donors (Lipinski definition) is 1. The fourth-order valence-electron chi connectivity index (χ4n) is 2.17. The molecule has 0 aromatic heterocycles. The highest BCUT2D eigenvalue weighted by Crippen LogP contribution is 2.23. The first-order chi connectivity index (χ1) is 7.18. The average molecular weight is 208 g/mol. The van der Waals surface area contributed by atoms with Gasteiger partial charge in [-0.15, -0.1) is 0 Å². The number of nitrogens with zero attached hydrogens (tertiary/aromatic N) is 1. The van der Waals surface area contributed by atoms with Crippen molar-refractivity contribution in [1.82, 2.24) is 4.90 Å². The number of likely N-dealkylation sites (tertiary alicyclic amines) is 1. The molecule has 1 saturated heterocycles. The van der Waals surface area contributed by atoms with E-state index in [-0.39, 0.29) is 5.82 Å². The molecular weight excluding hydrogens is 191 g/mol. The van der Waals surface area contributed by atoms with E-state index in [4.69, 9.17) is 5.73 Å². The molecule has 1 heterocycles. The topological polar surface area (TPSA) is 29.3 Å². The third-order valence-electron chi connectivity index (χ3n) is 3.21. The third kappa shape index (κ3) is 2.12. The van der Waals surface area contributed by atoms with Crippen molar-refractivity contribution in [2.24, 2.45) is 0 Å². The molecule has 0 amide bonds. The lowest BCUT2D eigenvalue weighted by Gasteiger charge is -2.21. The summed E-state index contributed by atoms with van der Waals surface area (Å²) < 4.78 is 13.5. The number of anilines is 1. The molecule has 1 aromatic rings. The molecule has 1 fully saturated rings. The van der Waals surface area contributed by atoms with Gasteiger partial charge in [0.15, 0.2) is 0 Å². The van der Waals surface area contributed by atoms with E-state index in [1.165, 1.54) is 18.9 Å². The predicted molar refractivity (Wildman–Crippen MR) is 59.9 cm³/mol. The van der Waals surface area contributed by atoms with Gasteiger partial charge in [0, 0.05) is 23.8 Å². The Kier molecular flexibility index (Phi) is 2.91. The van der Waals surface area contributed by atoms with Crippen LogP contribution in [0.15, 0.2) is 18.2 Å². The van der Waals surface area contributed by atoms with Gasteiger partial charge in [0.1, 0.15) is 5.82 Å². The Labute approximate surface area is 89.9 Å². The third-order valence-corrected chi connectivity index (χ3v) is 3.21. The first kappa shape index (κ1) is 10.4. The van der Waals surface area contributed by atoms with Crippen LogP contribution in [0.3, 0.4) is 0 Å². The maximum absolute atomic E-state index is 13.5. The van der Waals surface area contributed by atoms with Crippen molar-refractivity contribution < 1.29 is 4.39 Å². The van der Waals surface area contributed by atoms with Gasteiger partial charge in [0.2, 0.25) is 0 Å². The quantitative estimate of drug-likeness (QED) is 0.756. The van der Waals surface area contributed by atoms with E-state index < -0.39 is 0 Å². The van der Waals surface area contributed by atoms with Crippen LogP contribution in [0.2, 0.25) is 0 Å². The lowest BCUT2D eigenvalue weighted by molar-refractivity contribution is 0.257. The zero-order valence-electron chi connectivity index (χ0n) is 9.04. The maximum Gasteiger partial charge on any atom is 0.129 e. The first-order valence-electron chi connectivity index (χ1n) is 5.45. The SMILES string of the molecule is CC1CCCN1Cc1c(N)cccc1F. The summed E-state index contributed by atoms with van der Waals surface area (Å²) in [4.78, 5) is 2.29. The fraction of sp³-hybridized carbons (Fsp3) is 0.500. The summed E-state index contributed by atoms with van der Waals surface area (Å²) in [5, 5.41) is 0. The summed E-state index contributed by atoms with van der Waals surface area (Å²) in [5.74, 6) is -0.186. The number of halogens is 1. The van der Waals surface area contributed by atoms with Gasteiger partial charge in [0.05, 0.1) is 0 Å². The first-order valence-corrected chi connectivity index (χ1v) is 5.45. The molecule has 0 aliphatic carbocycles. The van der Waals surface area contributed by atoms with Gasteiger partial charge in [-0.1, -0.05) is 6.07 Å². The maximum atomic E-state index is 13.5. The van der Waals surface area contributed by atoms with Crippen LogP contribution in [-0.2, 0) is 6.54 Å². The number of nitrogen functional groups attached to an aromatic ring is 1. The number of rotatable bonds is 2. The highest BCUT2D eigenvalue weighted by molar-refractivity contribution is 5.47. The minimum absolute atomic E-state index is 0.186. The molecule has 0 radical (unpaired) electrons. The van der Waals surface area contributed by atoms with Gasteiger partial charge in [0.25, 0.3) is 0 Å². The standard InChI is InChI=1S/C12H17FN2/c1-9-4-3-7-15(9)8-10-11(13)5-2-6-12(10)14/h2,5-6,9H,3-4,7-8,14H2,1H3. The van der Waals surface area contributed by atoms with Crippen LogP contribution in [-0.4, -0.2) is 17.5 Å². The minimum Gasteiger partial charge on any atom is -0.398 e. The zero-order chi connectivity index (χ0) is 10.8. The molecule has 3 heteroatoms. The van der Waals surface area contributed by atoms with Crippen molar-refractivity contribution in [1.29, 1.82) is 0 Å². The van der Waals surface area contributed by atoms with E-state index in [0.29, 0.717) is 23.8 Å². The van der Waals surface area contributed by atoms with Crippen LogP contribution >= 0.6 is 0 Å². The summed E-state index contributed by atoms with van der Waals surface area (Å²) in [5.41, 5.74) is 6.99. The van der Waals surface area contributed by atoms with Gasteiger partial charge < -0.3 is 5.73 Å². The number of benzene rings is 1. The second-order valence-corrected chi connectivity index (χ2v) is 4.27. The van der Waals surface area contributed by atoms with Crippen molar-refractivity contribution >= 4 is 5.69 Å². The molecule has 0 saturated carbocycles. The van der Waals surface area contributed by atoms with Crippen LogP contribution in [0.1, 0.15) is 25.3 Å². The van der Waals surface area contributed by atoms with E-state index in [1.54, 1.807) is 12.1 Å². The Morgan fingerprint density at radius 1 is 1.53 bits per heavy atom. The van der Waals surface area contributed by atoms with E-state index in [0.717, 1.165) is 6.54 Å². The lowest BCUT2D eigenvalue weighted by Crippen LogP contribution is -2.27. The number of nitrogens with two attached hydrogens (primary N) is 1. The van der Waals surface area contributed by atoms with Crippen molar-refractivity contribution in [3.63, 3.8) is 0 Å². The van der Waals surface area contributed by atoms with Crippen molar-refractivity contribution in [2.45, 2.75) is 32.4 Å².